The highest BCUT2D eigenvalue weighted by Gasteiger charge is 2.09. The summed E-state index contributed by atoms with van der Waals surface area (Å²) in [6.07, 6.45) is 3.05. The van der Waals surface area contributed by atoms with Crippen molar-refractivity contribution in [1.29, 1.82) is 5.26 Å². The zero-order valence-electron chi connectivity index (χ0n) is 9.75. The first-order valence-corrected chi connectivity index (χ1v) is 5.29. The number of aromatic nitrogens is 1. The molecule has 0 saturated heterocycles. The molecule has 1 aromatic heterocycles. The molecule has 0 fully saturated rings. The van der Waals surface area contributed by atoms with Crippen molar-refractivity contribution in [3.8, 4) is 17.2 Å². The SMILES string of the molecule is COC(=O)c1cncc(-c2ccccc2C#N)c1. The number of benzene rings is 1. The van der Waals surface area contributed by atoms with Gasteiger partial charge < -0.3 is 4.74 Å². The molecule has 0 spiro atoms. The maximum absolute atomic E-state index is 11.4. The number of carbonyl (C=O) groups excluding carboxylic acids is 1. The maximum atomic E-state index is 11.4. The van der Waals surface area contributed by atoms with Crippen LogP contribution < -0.4 is 0 Å². The minimum Gasteiger partial charge on any atom is -0.465 e. The van der Waals surface area contributed by atoms with Crippen LogP contribution in [0.2, 0.25) is 0 Å². The van der Waals surface area contributed by atoms with Crippen molar-refractivity contribution in [2.24, 2.45) is 0 Å². The normalized spacial score (nSPS) is 9.56. The maximum Gasteiger partial charge on any atom is 0.339 e. The van der Waals surface area contributed by atoms with E-state index in [2.05, 4.69) is 15.8 Å². The van der Waals surface area contributed by atoms with Gasteiger partial charge in [-0.1, -0.05) is 18.2 Å². The third-order valence-corrected chi connectivity index (χ3v) is 2.52. The van der Waals surface area contributed by atoms with E-state index in [9.17, 15) is 4.79 Å². The number of pyridine rings is 1. The molecule has 18 heavy (non-hydrogen) atoms. The highest BCUT2D eigenvalue weighted by Crippen LogP contribution is 2.23. The van der Waals surface area contributed by atoms with Gasteiger partial charge in [0, 0.05) is 23.5 Å². The van der Waals surface area contributed by atoms with Crippen LogP contribution in [0.4, 0.5) is 0 Å². The van der Waals surface area contributed by atoms with Gasteiger partial charge in [-0.25, -0.2) is 4.79 Å². The van der Waals surface area contributed by atoms with Crippen LogP contribution in [0.1, 0.15) is 15.9 Å². The molecule has 1 aromatic carbocycles. The minimum absolute atomic E-state index is 0.364. The Bertz CT molecular complexity index is 630. The van der Waals surface area contributed by atoms with Gasteiger partial charge in [0.15, 0.2) is 0 Å². The number of nitrogens with zero attached hydrogens (tertiary/aromatic N) is 2. The van der Waals surface area contributed by atoms with E-state index in [4.69, 9.17) is 5.26 Å². The molecular weight excluding hydrogens is 228 g/mol. The lowest BCUT2D eigenvalue weighted by atomic mass is 10.0. The van der Waals surface area contributed by atoms with Gasteiger partial charge in [-0.15, -0.1) is 0 Å². The summed E-state index contributed by atoms with van der Waals surface area (Å²) in [5.41, 5.74) is 2.37. The van der Waals surface area contributed by atoms with E-state index in [1.807, 2.05) is 12.1 Å². The van der Waals surface area contributed by atoms with Gasteiger partial charge in [-0.3, -0.25) is 4.98 Å². The number of carbonyl (C=O) groups is 1. The molecule has 0 aliphatic rings. The summed E-state index contributed by atoms with van der Waals surface area (Å²) < 4.78 is 4.64. The summed E-state index contributed by atoms with van der Waals surface area (Å²) in [6, 6.07) is 10.9. The summed E-state index contributed by atoms with van der Waals surface area (Å²) >= 11 is 0. The second-order valence-corrected chi connectivity index (χ2v) is 3.61. The van der Waals surface area contributed by atoms with Gasteiger partial charge in [-0.05, 0) is 12.1 Å². The largest absolute Gasteiger partial charge is 0.465 e. The van der Waals surface area contributed by atoms with Crippen LogP contribution in [0.15, 0.2) is 42.7 Å². The van der Waals surface area contributed by atoms with E-state index < -0.39 is 5.97 Å². The Morgan fingerprint density at radius 3 is 2.83 bits per heavy atom. The van der Waals surface area contributed by atoms with Gasteiger partial charge in [0.25, 0.3) is 0 Å². The summed E-state index contributed by atoms with van der Waals surface area (Å²) in [5, 5.41) is 9.04. The van der Waals surface area contributed by atoms with E-state index >= 15 is 0 Å². The number of nitriles is 1. The summed E-state index contributed by atoms with van der Waals surface area (Å²) in [7, 11) is 1.32. The van der Waals surface area contributed by atoms with Crippen molar-refractivity contribution in [3.05, 3.63) is 53.9 Å². The molecule has 1 heterocycles. The van der Waals surface area contributed by atoms with E-state index in [-0.39, 0.29) is 0 Å². The van der Waals surface area contributed by atoms with Gasteiger partial charge in [0.05, 0.1) is 24.3 Å². The van der Waals surface area contributed by atoms with Gasteiger partial charge in [0.2, 0.25) is 0 Å². The van der Waals surface area contributed by atoms with Gasteiger partial charge in [0.1, 0.15) is 0 Å². The molecule has 88 valence electrons. The summed E-state index contributed by atoms with van der Waals surface area (Å²) in [4.78, 5) is 15.4. The lowest BCUT2D eigenvalue weighted by Crippen LogP contribution is -2.02. The van der Waals surface area contributed by atoms with E-state index in [0.29, 0.717) is 11.1 Å². The van der Waals surface area contributed by atoms with Crippen LogP contribution in [-0.2, 0) is 4.74 Å². The van der Waals surface area contributed by atoms with Crippen molar-refractivity contribution in [3.63, 3.8) is 0 Å². The molecule has 2 rings (SSSR count). The second-order valence-electron chi connectivity index (χ2n) is 3.61. The zero-order valence-corrected chi connectivity index (χ0v) is 9.75. The minimum atomic E-state index is -0.446. The molecule has 0 bridgehead atoms. The van der Waals surface area contributed by atoms with Crippen LogP contribution >= 0.6 is 0 Å². The molecule has 4 nitrogen and oxygen atoms in total. The topological polar surface area (TPSA) is 63.0 Å². The smallest absolute Gasteiger partial charge is 0.339 e. The first kappa shape index (κ1) is 11.8. The quantitative estimate of drug-likeness (QED) is 0.753. The lowest BCUT2D eigenvalue weighted by molar-refractivity contribution is 0.0600. The van der Waals surface area contributed by atoms with Crippen LogP contribution in [0.25, 0.3) is 11.1 Å². The van der Waals surface area contributed by atoms with Crippen LogP contribution in [-0.4, -0.2) is 18.1 Å². The number of rotatable bonds is 2. The Hall–Kier alpha value is -2.67. The third kappa shape index (κ3) is 2.20. The van der Waals surface area contributed by atoms with E-state index in [1.54, 1.807) is 24.4 Å². The molecule has 0 radical (unpaired) electrons. The molecule has 0 aliphatic heterocycles. The Kier molecular flexibility index (Phi) is 3.35. The first-order valence-electron chi connectivity index (χ1n) is 5.29. The van der Waals surface area contributed by atoms with Crippen molar-refractivity contribution in [2.45, 2.75) is 0 Å². The standard InChI is InChI=1S/C14H10N2O2/c1-18-14(17)12-6-11(8-16-9-12)13-5-3-2-4-10(13)7-15/h2-6,8-9H,1H3. The van der Waals surface area contributed by atoms with Crippen molar-refractivity contribution in [1.82, 2.24) is 4.98 Å². The second kappa shape index (κ2) is 5.11. The van der Waals surface area contributed by atoms with Crippen LogP contribution in [0.3, 0.4) is 0 Å². The molecule has 0 saturated carbocycles. The number of ether oxygens (including phenoxy) is 1. The zero-order chi connectivity index (χ0) is 13.0. The average molecular weight is 238 g/mol. The number of hydrogen-bond acceptors (Lipinski definition) is 4. The Morgan fingerprint density at radius 2 is 2.11 bits per heavy atom. The van der Waals surface area contributed by atoms with Gasteiger partial charge in [-0.2, -0.15) is 5.26 Å². The molecule has 0 atom stereocenters. The van der Waals surface area contributed by atoms with Crippen molar-refractivity contribution < 1.29 is 9.53 Å². The fourth-order valence-corrected chi connectivity index (χ4v) is 1.65. The van der Waals surface area contributed by atoms with Crippen molar-refractivity contribution >= 4 is 5.97 Å². The first-order chi connectivity index (χ1) is 8.76. The molecule has 0 N–H and O–H groups in total. The number of methoxy groups -OCH3 is 1. The molecule has 0 amide bonds. The average Bonchev–Trinajstić information content (AvgIpc) is 2.46. The lowest BCUT2D eigenvalue weighted by Gasteiger charge is -2.05. The number of esters is 1. The summed E-state index contributed by atoms with van der Waals surface area (Å²) in [6.45, 7) is 0. The van der Waals surface area contributed by atoms with Crippen molar-refractivity contribution in [2.75, 3.05) is 7.11 Å². The fraction of sp³-hybridized carbons (Fsp3) is 0.0714. The van der Waals surface area contributed by atoms with Crippen LogP contribution in [0, 0.1) is 11.3 Å². The molecule has 4 heteroatoms. The highest BCUT2D eigenvalue weighted by atomic mass is 16.5. The Morgan fingerprint density at radius 1 is 1.33 bits per heavy atom. The third-order valence-electron chi connectivity index (χ3n) is 2.52. The van der Waals surface area contributed by atoms with E-state index in [0.717, 1.165) is 11.1 Å². The number of hydrogen-bond donors (Lipinski definition) is 0. The molecule has 0 unspecified atom stereocenters. The fourth-order valence-electron chi connectivity index (χ4n) is 1.65. The van der Waals surface area contributed by atoms with E-state index in [1.165, 1.54) is 13.3 Å². The molecule has 0 aliphatic carbocycles. The van der Waals surface area contributed by atoms with Gasteiger partial charge >= 0.3 is 5.97 Å². The predicted molar refractivity (Wildman–Crippen MR) is 65.7 cm³/mol. The molecule has 2 aromatic rings. The Labute approximate surface area is 104 Å². The van der Waals surface area contributed by atoms with Crippen LogP contribution in [0.5, 0.6) is 0 Å². The predicted octanol–water partition coefficient (Wildman–Crippen LogP) is 2.41. The monoisotopic (exact) mass is 238 g/mol. The summed E-state index contributed by atoms with van der Waals surface area (Å²) in [5.74, 6) is -0.446. The molecular formula is C14H10N2O2. The highest BCUT2D eigenvalue weighted by molar-refractivity contribution is 5.90. The Balaban J connectivity index is 2.52.